The lowest BCUT2D eigenvalue weighted by molar-refractivity contribution is -0.118. The molecular formula is C21H21FN4O2S2. The first-order valence-corrected chi connectivity index (χ1v) is 11.3. The number of nitrogens with one attached hydrogen (secondary N) is 2. The van der Waals surface area contributed by atoms with Gasteiger partial charge in [-0.05, 0) is 36.6 Å². The Bertz CT molecular complexity index is 982. The third-order valence-corrected chi connectivity index (χ3v) is 6.06. The molecule has 156 valence electrons. The average Bonchev–Trinajstić information content (AvgIpc) is 3.21. The number of hydrogen-bond acceptors (Lipinski definition) is 6. The minimum Gasteiger partial charge on any atom is -0.355 e. The van der Waals surface area contributed by atoms with Gasteiger partial charge in [-0.1, -0.05) is 47.7 Å². The van der Waals surface area contributed by atoms with E-state index in [0.29, 0.717) is 28.7 Å². The van der Waals surface area contributed by atoms with Crippen molar-refractivity contribution in [1.29, 1.82) is 0 Å². The molecule has 2 N–H and O–H groups in total. The van der Waals surface area contributed by atoms with Crippen LogP contribution in [0.25, 0.3) is 0 Å². The third-order valence-electron chi connectivity index (χ3n) is 4.01. The third kappa shape index (κ3) is 7.23. The number of nitrogens with zero attached hydrogens (tertiary/aromatic N) is 2. The van der Waals surface area contributed by atoms with Gasteiger partial charge < -0.3 is 10.6 Å². The van der Waals surface area contributed by atoms with Crippen LogP contribution in [-0.2, 0) is 17.0 Å². The summed E-state index contributed by atoms with van der Waals surface area (Å²) in [6.07, 6.45) is 1.82. The number of amides is 2. The molecule has 3 rings (SSSR count). The summed E-state index contributed by atoms with van der Waals surface area (Å²) in [6.45, 7) is 0.636. The molecule has 0 saturated carbocycles. The molecule has 0 saturated heterocycles. The number of halogens is 1. The molecule has 1 aromatic heterocycles. The van der Waals surface area contributed by atoms with Gasteiger partial charge in [0, 0.05) is 18.0 Å². The fourth-order valence-electron chi connectivity index (χ4n) is 2.60. The van der Waals surface area contributed by atoms with Crippen LogP contribution in [0.5, 0.6) is 0 Å². The van der Waals surface area contributed by atoms with Gasteiger partial charge in [0.05, 0.1) is 5.75 Å². The molecule has 0 radical (unpaired) electrons. The maximum atomic E-state index is 13.2. The second kappa shape index (κ2) is 11.4. The Kier molecular flexibility index (Phi) is 8.34. The number of aromatic nitrogens is 2. The van der Waals surface area contributed by atoms with Gasteiger partial charge in [-0.25, -0.2) is 4.39 Å². The summed E-state index contributed by atoms with van der Waals surface area (Å²) in [4.78, 5) is 24.1. The van der Waals surface area contributed by atoms with Crippen molar-refractivity contribution >= 4 is 40.6 Å². The molecule has 2 aromatic carbocycles. The van der Waals surface area contributed by atoms with Gasteiger partial charge in [0.2, 0.25) is 10.9 Å². The Morgan fingerprint density at radius 1 is 1.07 bits per heavy atom. The van der Waals surface area contributed by atoms with Gasteiger partial charge in [0.1, 0.15) is 10.8 Å². The van der Waals surface area contributed by atoms with E-state index in [9.17, 15) is 14.0 Å². The van der Waals surface area contributed by atoms with Gasteiger partial charge >= 0.3 is 0 Å². The predicted molar refractivity (Wildman–Crippen MR) is 118 cm³/mol. The van der Waals surface area contributed by atoms with E-state index in [4.69, 9.17) is 0 Å². The zero-order valence-electron chi connectivity index (χ0n) is 16.1. The molecule has 0 bridgehead atoms. The molecule has 6 nitrogen and oxygen atoms in total. The van der Waals surface area contributed by atoms with Gasteiger partial charge in [0.15, 0.2) is 0 Å². The molecule has 0 fully saturated rings. The lowest BCUT2D eigenvalue weighted by Crippen LogP contribution is -2.26. The molecule has 0 aliphatic heterocycles. The van der Waals surface area contributed by atoms with E-state index in [1.165, 1.54) is 35.5 Å². The molecule has 0 aliphatic rings. The summed E-state index contributed by atoms with van der Waals surface area (Å²) in [7, 11) is 0. The smallest absolute Gasteiger partial charge is 0.286 e. The Morgan fingerprint density at radius 2 is 1.90 bits per heavy atom. The summed E-state index contributed by atoms with van der Waals surface area (Å²) < 4.78 is 13.2. The fraction of sp³-hybridized carbons (Fsp3) is 0.238. The number of carbonyl (C=O) groups is 2. The highest BCUT2D eigenvalue weighted by molar-refractivity contribution is 7.99. The zero-order valence-corrected chi connectivity index (χ0v) is 17.8. The number of rotatable bonds is 10. The van der Waals surface area contributed by atoms with Crippen molar-refractivity contribution in [3.05, 3.63) is 76.0 Å². The summed E-state index contributed by atoms with van der Waals surface area (Å²) in [5.41, 5.74) is 1.62. The molecule has 0 unspecified atom stereocenters. The molecule has 0 spiro atoms. The maximum absolute atomic E-state index is 13.2. The molecule has 30 heavy (non-hydrogen) atoms. The van der Waals surface area contributed by atoms with Gasteiger partial charge in [0.25, 0.3) is 5.91 Å². The van der Waals surface area contributed by atoms with Crippen LogP contribution in [-0.4, -0.2) is 34.3 Å². The second-order valence-corrected chi connectivity index (χ2v) is 8.44. The van der Waals surface area contributed by atoms with E-state index in [1.807, 2.05) is 18.2 Å². The monoisotopic (exact) mass is 444 g/mol. The Hall–Kier alpha value is -2.78. The normalized spacial score (nSPS) is 10.6. The quantitative estimate of drug-likeness (QED) is 0.463. The topological polar surface area (TPSA) is 84.0 Å². The number of anilines is 1. The van der Waals surface area contributed by atoms with E-state index >= 15 is 0 Å². The van der Waals surface area contributed by atoms with Crippen molar-refractivity contribution < 1.29 is 14.0 Å². The van der Waals surface area contributed by atoms with Crippen molar-refractivity contribution in [1.82, 2.24) is 15.5 Å². The maximum Gasteiger partial charge on any atom is 0.286 e. The van der Waals surface area contributed by atoms with Gasteiger partial charge in [-0.2, -0.15) is 0 Å². The minimum absolute atomic E-state index is 0.0263. The molecule has 3 aromatic rings. The SMILES string of the molecule is O=C(CSCc1nnc(C(=O)Nc2cccc(F)c2)s1)NCCCc1ccccc1. The zero-order chi connectivity index (χ0) is 21.2. The van der Waals surface area contributed by atoms with Crippen molar-refractivity contribution in [2.45, 2.75) is 18.6 Å². The van der Waals surface area contributed by atoms with Crippen LogP contribution in [0.3, 0.4) is 0 Å². The van der Waals surface area contributed by atoms with Crippen molar-refractivity contribution in [3.8, 4) is 0 Å². The van der Waals surface area contributed by atoms with E-state index in [-0.39, 0.29) is 10.9 Å². The number of aryl methyl sites for hydroxylation is 1. The molecule has 9 heteroatoms. The minimum atomic E-state index is -0.439. The average molecular weight is 445 g/mol. The van der Waals surface area contributed by atoms with Crippen LogP contribution < -0.4 is 10.6 Å². The summed E-state index contributed by atoms with van der Waals surface area (Å²) in [5, 5.41) is 14.2. The molecule has 0 atom stereocenters. The standard InChI is InChI=1S/C21H21FN4O2S2/c22-16-9-4-10-17(12-16)24-20(28)21-26-25-19(30-21)14-29-13-18(27)23-11-5-8-15-6-2-1-3-7-15/h1-4,6-7,9-10,12H,5,8,11,13-14H2,(H,23,27)(H,24,28). The number of benzene rings is 2. The first-order valence-electron chi connectivity index (χ1n) is 9.38. The number of carbonyl (C=O) groups excluding carboxylic acids is 2. The summed E-state index contributed by atoms with van der Waals surface area (Å²) >= 11 is 2.57. The first-order chi connectivity index (χ1) is 14.6. The highest BCUT2D eigenvalue weighted by atomic mass is 32.2. The Labute approximate surface area is 182 Å². The Balaban J connectivity index is 1.33. The molecular weight excluding hydrogens is 423 g/mol. The molecule has 1 heterocycles. The molecule has 2 amide bonds. The van der Waals surface area contributed by atoms with Crippen LogP contribution in [0.1, 0.15) is 26.8 Å². The Morgan fingerprint density at radius 3 is 2.70 bits per heavy atom. The van der Waals surface area contributed by atoms with E-state index in [2.05, 4.69) is 33.0 Å². The van der Waals surface area contributed by atoms with Crippen LogP contribution in [0.4, 0.5) is 10.1 Å². The lowest BCUT2D eigenvalue weighted by atomic mass is 10.1. The number of thioether (sulfide) groups is 1. The van der Waals surface area contributed by atoms with E-state index < -0.39 is 11.7 Å². The van der Waals surface area contributed by atoms with Gasteiger partial charge in [-0.15, -0.1) is 22.0 Å². The lowest BCUT2D eigenvalue weighted by Gasteiger charge is -2.05. The van der Waals surface area contributed by atoms with Crippen LogP contribution in [0.2, 0.25) is 0 Å². The largest absolute Gasteiger partial charge is 0.355 e. The van der Waals surface area contributed by atoms with Crippen LogP contribution in [0.15, 0.2) is 54.6 Å². The first kappa shape index (κ1) is 21.9. The van der Waals surface area contributed by atoms with E-state index in [0.717, 1.165) is 24.2 Å². The summed E-state index contributed by atoms with van der Waals surface area (Å²) in [5.74, 6) is -0.0920. The van der Waals surface area contributed by atoms with Crippen molar-refractivity contribution in [2.24, 2.45) is 0 Å². The van der Waals surface area contributed by atoms with Crippen LogP contribution in [0, 0.1) is 5.82 Å². The second-order valence-electron chi connectivity index (χ2n) is 6.40. The van der Waals surface area contributed by atoms with E-state index in [1.54, 1.807) is 6.07 Å². The molecule has 0 aliphatic carbocycles. The highest BCUT2D eigenvalue weighted by Gasteiger charge is 2.14. The number of hydrogen-bond donors (Lipinski definition) is 2. The van der Waals surface area contributed by atoms with Gasteiger partial charge in [-0.3, -0.25) is 9.59 Å². The van der Waals surface area contributed by atoms with Crippen molar-refractivity contribution in [3.63, 3.8) is 0 Å². The predicted octanol–water partition coefficient (Wildman–Crippen LogP) is 3.91. The van der Waals surface area contributed by atoms with Crippen LogP contribution >= 0.6 is 23.1 Å². The van der Waals surface area contributed by atoms with Crippen molar-refractivity contribution in [2.75, 3.05) is 17.6 Å². The highest BCUT2D eigenvalue weighted by Crippen LogP contribution is 2.18. The fourth-order valence-corrected chi connectivity index (χ4v) is 4.24. The summed E-state index contributed by atoms with van der Waals surface area (Å²) in [6, 6.07) is 15.8.